The first kappa shape index (κ1) is 79.8. The molecule has 0 aliphatic carbocycles. The van der Waals surface area contributed by atoms with Crippen LogP contribution in [0, 0.1) is 47.3 Å². The molecule has 1 aliphatic heterocycles. The van der Waals surface area contributed by atoms with E-state index in [4.69, 9.17) is 0 Å². The smallest absolute Gasteiger partial charge is 0.276 e. The quantitative estimate of drug-likeness (QED) is 0.0941. The molecule has 0 aromatic rings. The number of amides is 11. The van der Waals surface area contributed by atoms with Gasteiger partial charge in [0.25, 0.3) is 5.91 Å². The maximum atomic E-state index is 15.1. The zero-order chi connectivity index (χ0) is 68.3. The van der Waals surface area contributed by atoms with Crippen LogP contribution in [-0.2, 0) is 52.7 Å². The van der Waals surface area contributed by atoms with Crippen LogP contribution in [0.1, 0.15) is 163 Å². The standard InChI is InChI=1S/C63H113N11O14/c1-24-25-26-40(16)52(77)51-57(82)68-49(42(18)75)60(85)70(19)32-48(76)65-43(27-33(2)3)54(79)66-44(28-34(4)5)58(83)71(20)46(30-36(8)9)55(80)64-41(17)53(78)69-63(88,39(14)15)62(87)72(21)47(31-37(10)11)56(81)67-45(29-35(6)7)59(84)73(22)50(38(12)13)61(86)74(51)23/h24-25,33-47,49-52,75,77,88H,26-32H2,1-23H3,(H,64,80)(H,65,76)(H,66,79)(H,67,81)(H,68,82)(H,69,78)/b25-24+/t40-,41?,42?,43?,44?,45?,46-,47+,49?,50+,51?,52-,63+/m1/s1. The number of nitrogens with zero attached hydrogens (tertiary/aromatic N) is 5. The number of carbonyl (C=O) groups is 11. The van der Waals surface area contributed by atoms with Gasteiger partial charge in [-0.3, -0.25) is 52.7 Å². The number of allylic oxidation sites excluding steroid dienone is 2. The Morgan fingerprint density at radius 3 is 1.38 bits per heavy atom. The van der Waals surface area contributed by atoms with Gasteiger partial charge in [0.1, 0.15) is 54.4 Å². The number of rotatable bonds is 17. The lowest BCUT2D eigenvalue weighted by Crippen LogP contribution is -2.67. The topological polar surface area (TPSA) is 337 Å². The second-order valence-corrected chi connectivity index (χ2v) is 27.2. The summed E-state index contributed by atoms with van der Waals surface area (Å²) in [5.41, 5.74) is -2.68. The fourth-order valence-corrected chi connectivity index (χ4v) is 10.7. The van der Waals surface area contributed by atoms with Gasteiger partial charge in [-0.2, -0.15) is 0 Å². The number of aliphatic hydroxyl groups is 3. The fraction of sp³-hybridized carbons (Fsp3) is 0.794. The lowest BCUT2D eigenvalue weighted by molar-refractivity contribution is -0.168. The second-order valence-electron chi connectivity index (χ2n) is 27.2. The zero-order valence-electron chi connectivity index (χ0n) is 57.1. The molecule has 13 atom stereocenters. The van der Waals surface area contributed by atoms with Gasteiger partial charge in [0, 0.05) is 41.2 Å². The number of hydrogen-bond acceptors (Lipinski definition) is 14. The van der Waals surface area contributed by atoms with Crippen molar-refractivity contribution in [2.24, 2.45) is 47.3 Å². The summed E-state index contributed by atoms with van der Waals surface area (Å²) in [4.78, 5) is 165. The highest BCUT2D eigenvalue weighted by Gasteiger charge is 2.48. The molecule has 11 amide bonds. The van der Waals surface area contributed by atoms with E-state index in [-0.39, 0.29) is 68.1 Å². The van der Waals surface area contributed by atoms with Crippen LogP contribution in [0.5, 0.6) is 0 Å². The molecule has 0 saturated carbocycles. The molecule has 0 bridgehead atoms. The molecule has 25 nitrogen and oxygen atoms in total. The number of aliphatic hydroxyl groups excluding tert-OH is 2. The average Bonchev–Trinajstić information content (AvgIpc) is 3.55. The third-order valence-electron chi connectivity index (χ3n) is 16.0. The van der Waals surface area contributed by atoms with Crippen molar-refractivity contribution >= 4 is 65.0 Å². The van der Waals surface area contributed by atoms with Crippen LogP contribution < -0.4 is 31.9 Å². The summed E-state index contributed by atoms with van der Waals surface area (Å²) in [6.07, 6.45) is 0.803. The molecule has 1 aliphatic rings. The molecule has 0 radical (unpaired) electrons. The van der Waals surface area contributed by atoms with Crippen LogP contribution >= 0.6 is 0 Å². The molecule has 1 heterocycles. The molecule has 0 aromatic heterocycles. The lowest BCUT2D eigenvalue weighted by atomic mass is 9.91. The molecule has 1 saturated heterocycles. The SMILES string of the molecule is C/C=C/C[C@@H](C)[C@@H](O)C1C(=O)NC(C(C)O)C(=O)N(C)CC(=O)NC(CC(C)C)C(=O)NC(CC(C)C)C(=O)N(C)[C@H](CC(C)C)C(=O)NC(C)C(=O)N[C@](O)(C(C)C)C(=O)N(C)[C@@H](CC(C)C)C(=O)NC(CC(C)C)C(=O)N(C)[C@@H](C(C)C)C(=O)N1C. The third kappa shape index (κ3) is 23.0. The van der Waals surface area contributed by atoms with Crippen molar-refractivity contribution < 1.29 is 68.1 Å². The Labute approximate surface area is 524 Å². The molecular formula is C63H113N11O14. The van der Waals surface area contributed by atoms with Crippen LogP contribution in [-0.4, -0.2) is 219 Å². The van der Waals surface area contributed by atoms with E-state index in [0.29, 0.717) is 0 Å². The monoisotopic (exact) mass is 1250 g/mol. The summed E-state index contributed by atoms with van der Waals surface area (Å²) in [5.74, 6) is -12.9. The van der Waals surface area contributed by atoms with Crippen LogP contribution in [0.2, 0.25) is 0 Å². The van der Waals surface area contributed by atoms with Gasteiger partial charge in [0.2, 0.25) is 64.8 Å². The maximum Gasteiger partial charge on any atom is 0.276 e. The number of nitrogens with one attached hydrogen (secondary N) is 6. The molecule has 0 aromatic carbocycles. The summed E-state index contributed by atoms with van der Waals surface area (Å²) in [6.45, 7) is 29.6. The molecule has 7 unspecified atom stereocenters. The molecule has 1 rings (SSSR count). The highest BCUT2D eigenvalue weighted by molar-refractivity contribution is 6.00. The average molecular weight is 1250 g/mol. The minimum atomic E-state index is -2.68. The minimum Gasteiger partial charge on any atom is -0.391 e. The van der Waals surface area contributed by atoms with Crippen molar-refractivity contribution in [1.29, 1.82) is 0 Å². The summed E-state index contributed by atoms with van der Waals surface area (Å²) in [7, 11) is 6.52. The molecule has 1 fully saturated rings. The molecule has 0 spiro atoms. The van der Waals surface area contributed by atoms with Crippen LogP contribution in [0.25, 0.3) is 0 Å². The Morgan fingerprint density at radius 2 is 0.932 bits per heavy atom. The Kier molecular flexibility index (Phi) is 32.5. The highest BCUT2D eigenvalue weighted by atomic mass is 16.3. The molecule has 504 valence electrons. The largest absolute Gasteiger partial charge is 0.391 e. The minimum absolute atomic E-state index is 0.00769. The van der Waals surface area contributed by atoms with Gasteiger partial charge in [0.15, 0.2) is 0 Å². The predicted molar refractivity (Wildman–Crippen MR) is 336 cm³/mol. The van der Waals surface area contributed by atoms with Crippen LogP contribution in [0.4, 0.5) is 0 Å². The van der Waals surface area contributed by atoms with E-state index < -0.39 is 162 Å². The number of likely N-dealkylation sites (N-methyl/N-ethyl adjacent to an activating group) is 5. The van der Waals surface area contributed by atoms with Crippen LogP contribution in [0.3, 0.4) is 0 Å². The Hall–Kier alpha value is -6.21. The van der Waals surface area contributed by atoms with E-state index >= 15 is 4.79 Å². The first-order valence-corrected chi connectivity index (χ1v) is 31.3. The van der Waals surface area contributed by atoms with Crippen molar-refractivity contribution in [1.82, 2.24) is 56.4 Å². The van der Waals surface area contributed by atoms with Gasteiger partial charge < -0.3 is 71.7 Å². The zero-order valence-corrected chi connectivity index (χ0v) is 57.1. The Morgan fingerprint density at radius 1 is 0.500 bits per heavy atom. The fourth-order valence-electron chi connectivity index (χ4n) is 10.7. The van der Waals surface area contributed by atoms with E-state index in [9.17, 15) is 63.3 Å². The summed E-state index contributed by atoms with van der Waals surface area (Å²) in [5, 5.41) is 51.3. The van der Waals surface area contributed by atoms with Gasteiger partial charge in [0.05, 0.1) is 18.8 Å². The van der Waals surface area contributed by atoms with Gasteiger partial charge in [-0.15, -0.1) is 0 Å². The first-order valence-electron chi connectivity index (χ1n) is 31.3. The number of carbonyl (C=O) groups excluding carboxylic acids is 11. The van der Waals surface area contributed by atoms with E-state index in [2.05, 4.69) is 31.9 Å². The van der Waals surface area contributed by atoms with Crippen molar-refractivity contribution in [2.75, 3.05) is 41.8 Å². The molecule has 25 heteroatoms. The molecular weight excluding hydrogens is 1130 g/mol. The van der Waals surface area contributed by atoms with Gasteiger partial charge in [-0.05, 0) is 101 Å². The lowest BCUT2D eigenvalue weighted by Gasteiger charge is -2.40. The first-order chi connectivity index (χ1) is 40.5. The van der Waals surface area contributed by atoms with E-state index in [1.54, 1.807) is 67.5 Å². The van der Waals surface area contributed by atoms with Crippen LogP contribution in [0.15, 0.2) is 12.2 Å². The normalized spacial score (nSPS) is 27.4. The van der Waals surface area contributed by atoms with Crippen molar-refractivity contribution in [2.45, 2.75) is 235 Å². The third-order valence-corrected chi connectivity index (χ3v) is 16.0. The maximum absolute atomic E-state index is 15.1. The van der Waals surface area contributed by atoms with Gasteiger partial charge in [-0.1, -0.05) is 116 Å². The Bertz CT molecular complexity index is 2410. The van der Waals surface area contributed by atoms with Crippen molar-refractivity contribution in [3.05, 3.63) is 12.2 Å². The van der Waals surface area contributed by atoms with E-state index in [0.717, 1.165) is 19.6 Å². The summed E-state index contributed by atoms with van der Waals surface area (Å²) >= 11 is 0. The van der Waals surface area contributed by atoms with E-state index in [1.165, 1.54) is 67.8 Å². The summed E-state index contributed by atoms with van der Waals surface area (Å²) < 4.78 is 0. The highest BCUT2D eigenvalue weighted by Crippen LogP contribution is 2.25. The van der Waals surface area contributed by atoms with Crippen molar-refractivity contribution in [3.63, 3.8) is 0 Å². The molecule has 9 N–H and O–H groups in total. The Balaban J connectivity index is 4.41. The molecule has 88 heavy (non-hydrogen) atoms. The summed E-state index contributed by atoms with van der Waals surface area (Å²) in [6, 6.07) is -12.7. The van der Waals surface area contributed by atoms with Gasteiger partial charge >= 0.3 is 0 Å². The van der Waals surface area contributed by atoms with Crippen molar-refractivity contribution in [3.8, 4) is 0 Å². The van der Waals surface area contributed by atoms with Gasteiger partial charge in [-0.25, -0.2) is 0 Å². The predicted octanol–water partition coefficient (Wildman–Crippen LogP) is 1.90. The van der Waals surface area contributed by atoms with E-state index in [1.807, 2.05) is 41.5 Å². The second kappa shape index (κ2) is 35.8. The number of hydrogen-bond donors (Lipinski definition) is 9.